The maximum Gasteiger partial charge on any atom is 0.268 e. The minimum atomic E-state index is -0.511. The van der Waals surface area contributed by atoms with Gasteiger partial charge in [-0.05, 0) is 44.1 Å². The fourth-order valence-corrected chi connectivity index (χ4v) is 5.10. The molecule has 0 spiro atoms. The molecule has 2 fully saturated rings. The van der Waals surface area contributed by atoms with E-state index in [9.17, 15) is 4.79 Å². The molecule has 4 rings (SSSR count). The first-order chi connectivity index (χ1) is 14.2. The number of nitrogens with zero attached hydrogens (tertiary/aromatic N) is 4. The summed E-state index contributed by atoms with van der Waals surface area (Å²) in [6, 6.07) is 11.4. The number of likely N-dealkylation sites (tertiary alicyclic amines) is 1. The summed E-state index contributed by atoms with van der Waals surface area (Å²) < 4.78 is 0. The van der Waals surface area contributed by atoms with Crippen molar-refractivity contribution in [1.82, 2.24) is 15.3 Å². The van der Waals surface area contributed by atoms with E-state index in [0.717, 1.165) is 42.8 Å². The highest BCUT2D eigenvalue weighted by Crippen LogP contribution is 2.31. The van der Waals surface area contributed by atoms with Gasteiger partial charge in [0.1, 0.15) is 5.70 Å². The second-order valence-electron chi connectivity index (χ2n) is 7.85. The van der Waals surface area contributed by atoms with E-state index >= 15 is 0 Å². The molecule has 156 valence electrons. The zero-order chi connectivity index (χ0) is 20.2. The van der Waals surface area contributed by atoms with Gasteiger partial charge < -0.3 is 10.6 Å². The van der Waals surface area contributed by atoms with Gasteiger partial charge in [-0.15, -0.1) is 5.10 Å². The van der Waals surface area contributed by atoms with Crippen molar-refractivity contribution in [2.24, 2.45) is 10.8 Å². The molecule has 3 aliphatic rings. The van der Waals surface area contributed by atoms with Crippen LogP contribution in [0.5, 0.6) is 0 Å². The zero-order valence-corrected chi connectivity index (χ0v) is 17.8. The van der Waals surface area contributed by atoms with E-state index in [1.54, 1.807) is 18.0 Å². The predicted molar refractivity (Wildman–Crippen MR) is 119 cm³/mol. The van der Waals surface area contributed by atoms with Gasteiger partial charge in [-0.3, -0.25) is 15.2 Å². The van der Waals surface area contributed by atoms with Crippen LogP contribution in [0.15, 0.2) is 47.3 Å². The van der Waals surface area contributed by atoms with E-state index in [1.807, 2.05) is 29.5 Å². The number of benzene rings is 1. The molecule has 0 radical (unpaired) electrons. The van der Waals surface area contributed by atoms with E-state index in [4.69, 9.17) is 5.73 Å². The lowest BCUT2D eigenvalue weighted by molar-refractivity contribution is -0.115. The normalized spacial score (nSPS) is 21.5. The molecule has 2 heterocycles. The molecule has 1 saturated heterocycles. The van der Waals surface area contributed by atoms with Gasteiger partial charge in [-0.1, -0.05) is 42.8 Å². The van der Waals surface area contributed by atoms with E-state index in [0.29, 0.717) is 11.7 Å². The Morgan fingerprint density at radius 3 is 2.48 bits per heavy atom. The van der Waals surface area contributed by atoms with Crippen LogP contribution >= 0.6 is 11.8 Å². The summed E-state index contributed by atoms with van der Waals surface area (Å²) in [4.78, 5) is 14.5. The number of piperidine rings is 1. The molecule has 0 unspecified atom stereocenters. The first kappa shape index (κ1) is 20.1. The minimum absolute atomic E-state index is 0.298. The first-order valence-corrected chi connectivity index (χ1v) is 11.7. The molecule has 1 saturated carbocycles. The van der Waals surface area contributed by atoms with Crippen LogP contribution in [-0.4, -0.2) is 52.4 Å². The number of carbonyl (C=O) groups excluding carboxylic acids is 1. The van der Waals surface area contributed by atoms with Crippen LogP contribution in [0.2, 0.25) is 0 Å². The van der Waals surface area contributed by atoms with Gasteiger partial charge in [0.2, 0.25) is 5.17 Å². The lowest BCUT2D eigenvalue weighted by Crippen LogP contribution is -2.55. The number of thioether (sulfide) groups is 1. The van der Waals surface area contributed by atoms with Crippen molar-refractivity contribution in [3.05, 3.63) is 42.2 Å². The number of amidine groups is 1. The molecule has 0 atom stereocenters. The zero-order valence-electron chi connectivity index (χ0n) is 17.0. The van der Waals surface area contributed by atoms with Crippen LogP contribution in [0.1, 0.15) is 38.5 Å². The Balaban J connectivity index is 1.59. The number of hydrazone groups is 1. The van der Waals surface area contributed by atoms with Crippen LogP contribution in [0.25, 0.3) is 0 Å². The van der Waals surface area contributed by atoms with Crippen LogP contribution in [-0.2, 0) is 4.79 Å². The van der Waals surface area contributed by atoms with Crippen molar-refractivity contribution >= 4 is 28.5 Å². The molecule has 3 N–H and O–H groups in total. The number of hydrogen-bond donors (Lipinski definition) is 2. The molecular weight excluding hydrogens is 384 g/mol. The van der Waals surface area contributed by atoms with Crippen LogP contribution in [0.3, 0.4) is 0 Å². The Hall–Kier alpha value is -2.19. The van der Waals surface area contributed by atoms with E-state index in [1.165, 1.54) is 25.7 Å². The van der Waals surface area contributed by atoms with Crippen molar-refractivity contribution in [2.75, 3.05) is 24.4 Å². The molecule has 7 nitrogen and oxygen atoms in total. The number of hydrogen-bond acceptors (Lipinski definition) is 7. The fraction of sp³-hybridized carbons (Fsp3) is 0.524. The number of amides is 1. The van der Waals surface area contributed by atoms with Gasteiger partial charge in [0, 0.05) is 19.1 Å². The fourth-order valence-electron chi connectivity index (χ4n) is 4.63. The molecule has 1 aromatic carbocycles. The summed E-state index contributed by atoms with van der Waals surface area (Å²) in [6.07, 6.45) is 11.4. The number of carbonyl (C=O) groups is 1. The number of primary amides is 1. The Morgan fingerprint density at radius 1 is 1.17 bits per heavy atom. The van der Waals surface area contributed by atoms with Crippen molar-refractivity contribution in [3.8, 4) is 0 Å². The van der Waals surface area contributed by atoms with E-state index < -0.39 is 5.91 Å². The van der Waals surface area contributed by atoms with Crippen LogP contribution < -0.4 is 16.2 Å². The quantitative estimate of drug-likeness (QED) is 0.771. The second-order valence-corrected chi connectivity index (χ2v) is 8.62. The van der Waals surface area contributed by atoms with Gasteiger partial charge in [-0.25, -0.2) is 5.01 Å². The van der Waals surface area contributed by atoms with E-state index in [-0.39, 0.29) is 0 Å². The van der Waals surface area contributed by atoms with Gasteiger partial charge in [0.25, 0.3) is 5.91 Å². The Bertz CT molecular complexity index is 769. The number of para-hydroxylation sites is 1. The van der Waals surface area contributed by atoms with Crippen molar-refractivity contribution in [1.29, 1.82) is 0 Å². The van der Waals surface area contributed by atoms with Crippen molar-refractivity contribution in [3.63, 3.8) is 0 Å². The van der Waals surface area contributed by atoms with Gasteiger partial charge in [0.05, 0.1) is 17.9 Å². The Kier molecular flexibility index (Phi) is 6.30. The molecule has 0 aromatic heterocycles. The molecule has 29 heavy (non-hydrogen) atoms. The highest BCUT2D eigenvalue weighted by molar-refractivity contribution is 8.13. The summed E-state index contributed by atoms with van der Waals surface area (Å²) in [7, 11) is 0. The molecule has 0 bridgehead atoms. The minimum Gasteiger partial charge on any atom is -0.364 e. The average molecular weight is 415 g/mol. The number of hydrazine groups is 1. The number of nitrogens with two attached hydrogens (primary N) is 1. The third kappa shape index (κ3) is 4.38. The van der Waals surface area contributed by atoms with Gasteiger partial charge in [0.15, 0.2) is 0 Å². The average Bonchev–Trinajstić information content (AvgIpc) is 3.30. The Morgan fingerprint density at radius 2 is 1.86 bits per heavy atom. The summed E-state index contributed by atoms with van der Waals surface area (Å²) in [5.74, 6) is -0.511. The monoisotopic (exact) mass is 414 g/mol. The lowest BCUT2D eigenvalue weighted by atomic mass is 10.0. The highest BCUT2D eigenvalue weighted by atomic mass is 32.2. The predicted octanol–water partition coefficient (Wildman–Crippen LogP) is 2.68. The molecule has 8 heteroatoms. The standard InChI is InChI=1S/C21H30N6OS/c1-29-21-24-23-19(20(22)28)15-26(21)27(17-9-3-2-4-10-17)18-11-13-25(14-12-18)16-7-5-6-8-16/h2-4,9-10,15-16,18,23H,5-8,11-14H2,1H3,(H2,22,28). The first-order valence-electron chi connectivity index (χ1n) is 10.4. The summed E-state index contributed by atoms with van der Waals surface area (Å²) in [5, 5.41) is 9.45. The van der Waals surface area contributed by atoms with E-state index in [2.05, 4.69) is 32.6 Å². The largest absolute Gasteiger partial charge is 0.364 e. The molecule has 1 aromatic rings. The molecule has 1 aliphatic carbocycles. The molecular formula is C21H30N6OS. The topological polar surface area (TPSA) is 77.2 Å². The molecule has 1 amide bonds. The third-order valence-electron chi connectivity index (χ3n) is 6.11. The second kappa shape index (κ2) is 9.09. The number of rotatable bonds is 5. The maximum absolute atomic E-state index is 11.8. The Labute approximate surface area is 176 Å². The van der Waals surface area contributed by atoms with Gasteiger partial charge in [-0.2, -0.15) is 0 Å². The third-order valence-corrected chi connectivity index (χ3v) is 6.75. The highest BCUT2D eigenvalue weighted by Gasteiger charge is 2.34. The lowest BCUT2D eigenvalue weighted by Gasteiger charge is -2.46. The summed E-state index contributed by atoms with van der Waals surface area (Å²) >= 11 is 1.54. The van der Waals surface area contributed by atoms with Gasteiger partial charge >= 0.3 is 0 Å². The van der Waals surface area contributed by atoms with Crippen molar-refractivity contribution < 1.29 is 4.79 Å². The SMILES string of the molecule is CSC1=NNC(C(N)=O)=CN1N(c1ccccc1)C1CCN(C2CCCC2)CC1. The van der Waals surface area contributed by atoms with Crippen molar-refractivity contribution in [2.45, 2.75) is 50.6 Å². The number of anilines is 1. The smallest absolute Gasteiger partial charge is 0.268 e. The van der Waals surface area contributed by atoms with Crippen LogP contribution in [0, 0.1) is 0 Å². The number of nitrogens with one attached hydrogen (secondary N) is 1. The molecule has 2 aliphatic heterocycles. The van der Waals surface area contributed by atoms with Crippen LogP contribution in [0.4, 0.5) is 5.69 Å². The summed E-state index contributed by atoms with van der Waals surface area (Å²) in [6.45, 7) is 2.23. The maximum atomic E-state index is 11.8. The summed E-state index contributed by atoms with van der Waals surface area (Å²) in [5.41, 5.74) is 9.70.